The van der Waals surface area contributed by atoms with Crippen LogP contribution in [0.4, 0.5) is 4.39 Å². The van der Waals surface area contributed by atoms with Crippen LogP contribution in [0, 0.1) is 11.2 Å². The third-order valence-corrected chi connectivity index (χ3v) is 3.48. The fourth-order valence-electron chi connectivity index (χ4n) is 1.60. The Balaban J connectivity index is 2.24. The summed E-state index contributed by atoms with van der Waals surface area (Å²) < 4.78 is 18.7. The zero-order valence-corrected chi connectivity index (χ0v) is 12.8. The van der Waals surface area contributed by atoms with Crippen LogP contribution in [-0.2, 0) is 11.3 Å². The van der Waals surface area contributed by atoms with E-state index in [1.54, 1.807) is 18.2 Å². The lowest BCUT2D eigenvalue weighted by Gasteiger charge is -2.29. The smallest absolute Gasteiger partial charge is 0.128 e. The van der Waals surface area contributed by atoms with E-state index >= 15 is 0 Å². The summed E-state index contributed by atoms with van der Waals surface area (Å²) in [6.45, 7) is 9.36. The molecular formula is C16H26FNO2. The van der Waals surface area contributed by atoms with Crippen molar-refractivity contribution in [2.75, 3.05) is 13.2 Å². The number of aliphatic hydroxyl groups is 1. The molecule has 0 radical (unpaired) electrons. The standard InChI is InChI=1S/C16H26FNO2/c1-12(16(2,3)4)18-9-14(19)11-20-10-13-7-5-6-8-15(13)17/h5-8,12,14,18-19H,9-11H2,1-4H3. The quantitative estimate of drug-likeness (QED) is 0.808. The van der Waals surface area contributed by atoms with E-state index in [2.05, 4.69) is 33.0 Å². The molecule has 0 saturated heterocycles. The average molecular weight is 283 g/mol. The van der Waals surface area contributed by atoms with Crippen molar-refractivity contribution in [3.8, 4) is 0 Å². The van der Waals surface area contributed by atoms with Gasteiger partial charge in [0, 0.05) is 18.2 Å². The van der Waals surface area contributed by atoms with Crippen LogP contribution >= 0.6 is 0 Å². The molecule has 0 aliphatic carbocycles. The minimum atomic E-state index is -0.591. The van der Waals surface area contributed by atoms with Crippen molar-refractivity contribution >= 4 is 0 Å². The normalized spacial score (nSPS) is 15.1. The summed E-state index contributed by atoms with van der Waals surface area (Å²) in [7, 11) is 0. The highest BCUT2D eigenvalue weighted by molar-refractivity contribution is 5.16. The van der Waals surface area contributed by atoms with Gasteiger partial charge in [0.25, 0.3) is 0 Å². The molecule has 2 unspecified atom stereocenters. The molecule has 0 aromatic heterocycles. The van der Waals surface area contributed by atoms with Crippen LogP contribution in [-0.4, -0.2) is 30.4 Å². The van der Waals surface area contributed by atoms with Gasteiger partial charge >= 0.3 is 0 Å². The number of ether oxygens (including phenoxy) is 1. The van der Waals surface area contributed by atoms with E-state index in [1.807, 2.05) is 0 Å². The van der Waals surface area contributed by atoms with Gasteiger partial charge in [-0.25, -0.2) is 4.39 Å². The van der Waals surface area contributed by atoms with Crippen LogP contribution in [0.3, 0.4) is 0 Å². The van der Waals surface area contributed by atoms with E-state index in [0.29, 0.717) is 18.2 Å². The van der Waals surface area contributed by atoms with Crippen LogP contribution < -0.4 is 5.32 Å². The number of halogens is 1. The molecule has 0 aliphatic heterocycles. The molecule has 0 amide bonds. The third-order valence-electron chi connectivity index (χ3n) is 3.48. The second kappa shape index (κ2) is 7.72. The summed E-state index contributed by atoms with van der Waals surface area (Å²) in [6, 6.07) is 6.79. The van der Waals surface area contributed by atoms with Crippen molar-refractivity contribution in [3.05, 3.63) is 35.6 Å². The van der Waals surface area contributed by atoms with Gasteiger partial charge in [-0.2, -0.15) is 0 Å². The van der Waals surface area contributed by atoms with Crippen LogP contribution in [0.15, 0.2) is 24.3 Å². The van der Waals surface area contributed by atoms with E-state index in [0.717, 1.165) is 0 Å². The van der Waals surface area contributed by atoms with E-state index in [1.165, 1.54) is 6.07 Å². The summed E-state index contributed by atoms with van der Waals surface area (Å²) >= 11 is 0. The Hall–Kier alpha value is -0.970. The second-order valence-corrected chi connectivity index (χ2v) is 6.26. The Labute approximate surface area is 121 Å². The lowest BCUT2D eigenvalue weighted by Crippen LogP contribution is -2.42. The molecule has 2 atom stereocenters. The van der Waals surface area contributed by atoms with Gasteiger partial charge in [-0.05, 0) is 18.4 Å². The number of rotatable bonds is 7. The van der Waals surface area contributed by atoms with Crippen molar-refractivity contribution in [3.63, 3.8) is 0 Å². The van der Waals surface area contributed by atoms with Crippen molar-refractivity contribution < 1.29 is 14.2 Å². The molecule has 0 aliphatic rings. The largest absolute Gasteiger partial charge is 0.389 e. The Morgan fingerprint density at radius 1 is 1.30 bits per heavy atom. The van der Waals surface area contributed by atoms with E-state index in [4.69, 9.17) is 4.74 Å². The minimum absolute atomic E-state index is 0.147. The molecule has 0 bridgehead atoms. The molecule has 1 aromatic carbocycles. The Morgan fingerprint density at radius 2 is 1.95 bits per heavy atom. The van der Waals surface area contributed by atoms with Crippen molar-refractivity contribution in [1.82, 2.24) is 5.32 Å². The highest BCUT2D eigenvalue weighted by Crippen LogP contribution is 2.18. The molecule has 0 heterocycles. The minimum Gasteiger partial charge on any atom is -0.389 e. The monoisotopic (exact) mass is 283 g/mol. The number of aliphatic hydroxyl groups excluding tert-OH is 1. The lowest BCUT2D eigenvalue weighted by molar-refractivity contribution is 0.0250. The first-order valence-corrected chi connectivity index (χ1v) is 7.03. The van der Waals surface area contributed by atoms with E-state index in [-0.39, 0.29) is 24.4 Å². The molecule has 1 rings (SSSR count). The van der Waals surface area contributed by atoms with Gasteiger partial charge in [0.05, 0.1) is 19.3 Å². The highest BCUT2D eigenvalue weighted by Gasteiger charge is 2.20. The van der Waals surface area contributed by atoms with Crippen molar-refractivity contribution in [2.24, 2.45) is 5.41 Å². The van der Waals surface area contributed by atoms with E-state index in [9.17, 15) is 9.50 Å². The molecule has 0 spiro atoms. The summed E-state index contributed by atoms with van der Waals surface area (Å²) in [5.74, 6) is -0.276. The SMILES string of the molecule is CC(NCC(O)COCc1ccccc1F)C(C)(C)C. The van der Waals surface area contributed by atoms with Crippen molar-refractivity contribution in [2.45, 2.75) is 46.4 Å². The van der Waals surface area contributed by atoms with Gasteiger partial charge in [0.15, 0.2) is 0 Å². The molecule has 3 nitrogen and oxygen atoms in total. The molecule has 2 N–H and O–H groups in total. The molecule has 1 aromatic rings. The van der Waals surface area contributed by atoms with Gasteiger partial charge in [-0.1, -0.05) is 39.0 Å². The Bertz CT molecular complexity index is 404. The Kier molecular flexibility index (Phi) is 6.59. The fraction of sp³-hybridized carbons (Fsp3) is 0.625. The summed E-state index contributed by atoms with van der Waals surface area (Å²) in [5, 5.41) is 13.1. The van der Waals surface area contributed by atoms with Crippen LogP contribution in [0.25, 0.3) is 0 Å². The molecule has 20 heavy (non-hydrogen) atoms. The first-order valence-electron chi connectivity index (χ1n) is 7.03. The summed E-state index contributed by atoms with van der Waals surface area (Å²) in [5.41, 5.74) is 0.656. The first-order chi connectivity index (χ1) is 9.30. The summed E-state index contributed by atoms with van der Waals surface area (Å²) in [4.78, 5) is 0. The van der Waals surface area contributed by atoms with Crippen LogP contribution in [0.1, 0.15) is 33.3 Å². The van der Waals surface area contributed by atoms with Gasteiger partial charge in [-0.15, -0.1) is 0 Å². The zero-order chi connectivity index (χ0) is 15.2. The van der Waals surface area contributed by atoms with Gasteiger partial charge in [0.2, 0.25) is 0 Å². The molecular weight excluding hydrogens is 257 g/mol. The maximum atomic E-state index is 13.3. The second-order valence-electron chi connectivity index (χ2n) is 6.26. The lowest BCUT2D eigenvalue weighted by atomic mass is 9.88. The van der Waals surface area contributed by atoms with Crippen molar-refractivity contribution in [1.29, 1.82) is 0 Å². The maximum absolute atomic E-state index is 13.3. The van der Waals surface area contributed by atoms with Gasteiger partial charge < -0.3 is 15.2 Å². The fourth-order valence-corrected chi connectivity index (χ4v) is 1.60. The average Bonchev–Trinajstić information content (AvgIpc) is 2.37. The Morgan fingerprint density at radius 3 is 2.55 bits per heavy atom. The molecule has 114 valence electrons. The topological polar surface area (TPSA) is 41.5 Å². The summed E-state index contributed by atoms with van der Waals surface area (Å²) in [6.07, 6.45) is -0.591. The predicted molar refractivity (Wildman–Crippen MR) is 79.0 cm³/mol. The maximum Gasteiger partial charge on any atom is 0.128 e. The zero-order valence-electron chi connectivity index (χ0n) is 12.8. The third kappa shape index (κ3) is 5.99. The van der Waals surface area contributed by atoms with Gasteiger partial charge in [-0.3, -0.25) is 0 Å². The molecule has 0 fully saturated rings. The van der Waals surface area contributed by atoms with E-state index < -0.39 is 6.10 Å². The first kappa shape index (κ1) is 17.1. The van der Waals surface area contributed by atoms with Crippen LogP contribution in [0.5, 0.6) is 0 Å². The van der Waals surface area contributed by atoms with Gasteiger partial charge in [0.1, 0.15) is 5.82 Å². The number of nitrogens with one attached hydrogen (secondary N) is 1. The number of hydrogen-bond acceptors (Lipinski definition) is 3. The highest BCUT2D eigenvalue weighted by atomic mass is 19.1. The molecule has 0 saturated carbocycles. The number of hydrogen-bond donors (Lipinski definition) is 2. The molecule has 4 heteroatoms. The number of benzene rings is 1. The van der Waals surface area contributed by atoms with Crippen LogP contribution in [0.2, 0.25) is 0 Å². The predicted octanol–water partition coefficient (Wildman–Crippen LogP) is 2.73.